The Morgan fingerprint density at radius 1 is 1.38 bits per heavy atom. The van der Waals surface area contributed by atoms with E-state index in [1.165, 1.54) is 0 Å². The smallest absolute Gasteiger partial charge is 0.224 e. The van der Waals surface area contributed by atoms with E-state index in [4.69, 9.17) is 11.6 Å². The van der Waals surface area contributed by atoms with Crippen LogP contribution in [0.2, 0.25) is 5.02 Å². The number of nitrogens with one attached hydrogen (secondary N) is 2. The van der Waals surface area contributed by atoms with Crippen LogP contribution in [0, 0.1) is 0 Å². The molecule has 0 spiro atoms. The van der Waals surface area contributed by atoms with Gasteiger partial charge in [0.05, 0.1) is 17.3 Å². The van der Waals surface area contributed by atoms with E-state index in [-0.39, 0.29) is 5.91 Å². The highest BCUT2D eigenvalue weighted by molar-refractivity contribution is 6.33. The number of imidazole rings is 1. The topological polar surface area (TPSA) is 59.0 Å². The van der Waals surface area contributed by atoms with Crippen LogP contribution >= 0.6 is 11.6 Å². The van der Waals surface area contributed by atoms with Crippen molar-refractivity contribution >= 4 is 28.9 Å². The SMILES string of the molecule is CCC(=O)Nc1ccc(Cl)c(NCc2nccn2CC)c1. The second-order valence-corrected chi connectivity index (χ2v) is 4.99. The van der Waals surface area contributed by atoms with Crippen molar-refractivity contribution in [3.8, 4) is 0 Å². The molecule has 5 nitrogen and oxygen atoms in total. The largest absolute Gasteiger partial charge is 0.377 e. The minimum atomic E-state index is -0.0233. The van der Waals surface area contributed by atoms with Gasteiger partial charge >= 0.3 is 0 Å². The fraction of sp³-hybridized carbons (Fsp3) is 0.333. The van der Waals surface area contributed by atoms with Gasteiger partial charge in [-0.1, -0.05) is 18.5 Å². The number of hydrogen-bond donors (Lipinski definition) is 2. The van der Waals surface area contributed by atoms with Gasteiger partial charge in [-0.15, -0.1) is 0 Å². The molecular weight excluding hydrogens is 288 g/mol. The molecule has 0 fully saturated rings. The molecule has 1 heterocycles. The lowest BCUT2D eigenvalue weighted by Gasteiger charge is -2.11. The van der Waals surface area contributed by atoms with Crippen LogP contribution < -0.4 is 10.6 Å². The van der Waals surface area contributed by atoms with Gasteiger partial charge in [0.15, 0.2) is 0 Å². The third-order valence-corrected chi connectivity index (χ3v) is 3.48. The fourth-order valence-electron chi connectivity index (χ4n) is 1.96. The lowest BCUT2D eigenvalue weighted by Crippen LogP contribution is -2.10. The fourth-order valence-corrected chi connectivity index (χ4v) is 2.14. The Hall–Kier alpha value is -2.01. The molecule has 2 aromatic rings. The summed E-state index contributed by atoms with van der Waals surface area (Å²) in [6.07, 6.45) is 4.16. The highest BCUT2D eigenvalue weighted by Gasteiger charge is 2.06. The highest BCUT2D eigenvalue weighted by atomic mass is 35.5. The molecule has 2 rings (SSSR count). The Kier molecular flexibility index (Phi) is 5.22. The Morgan fingerprint density at radius 3 is 2.90 bits per heavy atom. The summed E-state index contributed by atoms with van der Waals surface area (Å²) >= 11 is 6.18. The third kappa shape index (κ3) is 3.98. The van der Waals surface area contributed by atoms with Crippen molar-refractivity contribution in [3.63, 3.8) is 0 Å². The Balaban J connectivity index is 2.08. The number of aromatic nitrogens is 2. The van der Waals surface area contributed by atoms with E-state index >= 15 is 0 Å². The molecule has 6 heteroatoms. The lowest BCUT2D eigenvalue weighted by molar-refractivity contribution is -0.115. The Bertz CT molecular complexity index is 624. The van der Waals surface area contributed by atoms with Gasteiger partial charge in [-0.3, -0.25) is 4.79 Å². The second kappa shape index (κ2) is 7.13. The highest BCUT2D eigenvalue weighted by Crippen LogP contribution is 2.26. The summed E-state index contributed by atoms with van der Waals surface area (Å²) in [5, 5.41) is 6.68. The molecule has 2 N–H and O–H groups in total. The van der Waals surface area contributed by atoms with Crippen LogP contribution in [-0.4, -0.2) is 15.5 Å². The average molecular weight is 307 g/mol. The zero-order chi connectivity index (χ0) is 15.2. The van der Waals surface area contributed by atoms with Crippen molar-refractivity contribution < 1.29 is 4.79 Å². The molecule has 1 aromatic carbocycles. The summed E-state index contributed by atoms with van der Waals surface area (Å²) in [4.78, 5) is 15.7. The zero-order valence-corrected chi connectivity index (χ0v) is 12.9. The molecule has 0 saturated heterocycles. The number of anilines is 2. The molecule has 0 aliphatic carbocycles. The molecule has 0 unspecified atom stereocenters. The molecule has 1 amide bonds. The van der Waals surface area contributed by atoms with Gasteiger partial charge in [0.1, 0.15) is 5.82 Å². The Morgan fingerprint density at radius 2 is 2.19 bits per heavy atom. The van der Waals surface area contributed by atoms with E-state index in [1.54, 1.807) is 18.3 Å². The second-order valence-electron chi connectivity index (χ2n) is 4.58. The van der Waals surface area contributed by atoms with Crippen LogP contribution in [0.4, 0.5) is 11.4 Å². The van der Waals surface area contributed by atoms with E-state index in [2.05, 4.69) is 27.1 Å². The van der Waals surface area contributed by atoms with Crippen molar-refractivity contribution in [2.45, 2.75) is 33.4 Å². The molecule has 0 aliphatic rings. The van der Waals surface area contributed by atoms with E-state index in [9.17, 15) is 4.79 Å². The minimum Gasteiger partial charge on any atom is -0.377 e. The molecule has 0 atom stereocenters. The van der Waals surface area contributed by atoms with E-state index < -0.39 is 0 Å². The van der Waals surface area contributed by atoms with E-state index in [0.717, 1.165) is 23.7 Å². The van der Waals surface area contributed by atoms with Crippen LogP contribution in [0.1, 0.15) is 26.1 Å². The maximum atomic E-state index is 11.4. The van der Waals surface area contributed by atoms with Crippen LogP contribution in [0.15, 0.2) is 30.6 Å². The number of aryl methyl sites for hydroxylation is 1. The summed E-state index contributed by atoms with van der Waals surface area (Å²) < 4.78 is 2.06. The molecular formula is C15H19ClN4O. The predicted molar refractivity (Wildman–Crippen MR) is 85.6 cm³/mol. The summed E-state index contributed by atoms with van der Waals surface area (Å²) in [6.45, 7) is 5.33. The molecule has 21 heavy (non-hydrogen) atoms. The van der Waals surface area contributed by atoms with Crippen LogP contribution in [0.3, 0.4) is 0 Å². The Labute approximate surface area is 129 Å². The van der Waals surface area contributed by atoms with Gasteiger partial charge in [0, 0.05) is 31.0 Å². The molecule has 0 aliphatic heterocycles. The predicted octanol–water partition coefficient (Wildman–Crippen LogP) is 3.52. The first-order valence-electron chi connectivity index (χ1n) is 6.97. The molecule has 0 bridgehead atoms. The first kappa shape index (κ1) is 15.4. The maximum absolute atomic E-state index is 11.4. The molecule has 1 aromatic heterocycles. The number of carbonyl (C=O) groups is 1. The van der Waals surface area contributed by atoms with Gasteiger partial charge in [-0.25, -0.2) is 4.98 Å². The van der Waals surface area contributed by atoms with Gasteiger partial charge in [-0.05, 0) is 25.1 Å². The van der Waals surface area contributed by atoms with Crippen molar-refractivity contribution in [3.05, 3.63) is 41.4 Å². The van der Waals surface area contributed by atoms with Crippen molar-refractivity contribution in [2.24, 2.45) is 0 Å². The number of rotatable bonds is 6. The first-order valence-corrected chi connectivity index (χ1v) is 7.35. The number of amides is 1. The van der Waals surface area contributed by atoms with E-state index in [0.29, 0.717) is 18.0 Å². The van der Waals surface area contributed by atoms with E-state index in [1.807, 2.05) is 19.2 Å². The third-order valence-electron chi connectivity index (χ3n) is 3.15. The summed E-state index contributed by atoms with van der Waals surface area (Å²) in [5.74, 6) is 0.918. The summed E-state index contributed by atoms with van der Waals surface area (Å²) in [5.41, 5.74) is 1.50. The number of nitrogens with zero attached hydrogens (tertiary/aromatic N) is 2. The normalized spacial score (nSPS) is 10.4. The van der Waals surface area contributed by atoms with Crippen molar-refractivity contribution in [2.75, 3.05) is 10.6 Å². The lowest BCUT2D eigenvalue weighted by atomic mass is 10.2. The molecule has 0 saturated carbocycles. The van der Waals surface area contributed by atoms with Crippen LogP contribution in [0.25, 0.3) is 0 Å². The van der Waals surface area contributed by atoms with Gasteiger partial charge in [0.25, 0.3) is 0 Å². The van der Waals surface area contributed by atoms with Gasteiger partial charge in [-0.2, -0.15) is 0 Å². The quantitative estimate of drug-likeness (QED) is 0.858. The molecule has 112 valence electrons. The number of halogens is 1. The number of benzene rings is 1. The monoisotopic (exact) mass is 306 g/mol. The summed E-state index contributed by atoms with van der Waals surface area (Å²) in [7, 11) is 0. The zero-order valence-electron chi connectivity index (χ0n) is 12.2. The first-order chi connectivity index (χ1) is 10.1. The van der Waals surface area contributed by atoms with Gasteiger partial charge < -0.3 is 15.2 Å². The van der Waals surface area contributed by atoms with Crippen molar-refractivity contribution in [1.29, 1.82) is 0 Å². The van der Waals surface area contributed by atoms with Crippen LogP contribution in [-0.2, 0) is 17.9 Å². The van der Waals surface area contributed by atoms with Crippen molar-refractivity contribution in [1.82, 2.24) is 9.55 Å². The maximum Gasteiger partial charge on any atom is 0.224 e. The number of hydrogen-bond acceptors (Lipinski definition) is 3. The summed E-state index contributed by atoms with van der Waals surface area (Å²) in [6, 6.07) is 5.38. The molecule has 0 radical (unpaired) electrons. The van der Waals surface area contributed by atoms with Crippen LogP contribution in [0.5, 0.6) is 0 Å². The standard InChI is InChI=1S/C15H19ClN4O/c1-3-15(21)19-11-5-6-12(16)13(9-11)18-10-14-17-7-8-20(14)4-2/h5-9,18H,3-4,10H2,1-2H3,(H,19,21). The van der Waals surface area contributed by atoms with Gasteiger partial charge in [0.2, 0.25) is 5.91 Å². The number of carbonyl (C=O) groups excluding carboxylic acids is 1. The minimum absolute atomic E-state index is 0.0233. The average Bonchev–Trinajstić information content (AvgIpc) is 2.95.